The molecule has 0 aliphatic carbocycles. The van der Waals surface area contributed by atoms with Crippen LogP contribution < -0.4 is 4.74 Å². The van der Waals surface area contributed by atoms with E-state index in [0.29, 0.717) is 19.8 Å². The van der Waals surface area contributed by atoms with E-state index >= 15 is 0 Å². The van der Waals surface area contributed by atoms with Crippen molar-refractivity contribution in [1.82, 2.24) is 0 Å². The Morgan fingerprint density at radius 1 is 0.917 bits per heavy atom. The predicted octanol–water partition coefficient (Wildman–Crippen LogP) is 3.54. The molecule has 7 heteroatoms. The van der Waals surface area contributed by atoms with E-state index in [9.17, 15) is 8.42 Å². The van der Waals surface area contributed by atoms with Gasteiger partial charge in [0.25, 0.3) is 0 Å². The first-order valence-corrected chi connectivity index (χ1v) is 12.3. The van der Waals surface area contributed by atoms with Gasteiger partial charge in [0.1, 0.15) is 0 Å². The molecule has 0 aromatic heterocycles. The summed E-state index contributed by atoms with van der Waals surface area (Å²) in [5, 5.41) is 0. The molecule has 2 aromatic rings. The van der Waals surface area contributed by atoms with Crippen LogP contribution in [0.2, 0.25) is 0 Å². The molecular weight excluding hydrogens is 443 g/mol. The third-order valence-corrected chi connectivity index (χ3v) is 9.92. The van der Waals surface area contributed by atoms with E-state index in [-0.39, 0.29) is 0 Å². The average molecular weight is 464 g/mol. The zero-order valence-corrected chi connectivity index (χ0v) is 16.6. The van der Waals surface area contributed by atoms with Gasteiger partial charge in [-0.1, -0.05) is 0 Å². The summed E-state index contributed by atoms with van der Waals surface area (Å²) < 4.78 is 41.3. The summed E-state index contributed by atoms with van der Waals surface area (Å²) in [5.41, 5.74) is 0. The third-order valence-electron chi connectivity index (χ3n) is 2.82. The minimum absolute atomic E-state index is 0.480. The van der Waals surface area contributed by atoms with E-state index in [1.807, 2.05) is 61.5 Å². The molecule has 0 heterocycles. The van der Waals surface area contributed by atoms with Gasteiger partial charge in [-0.2, -0.15) is 0 Å². The van der Waals surface area contributed by atoms with Gasteiger partial charge < -0.3 is 0 Å². The van der Waals surface area contributed by atoms with Crippen LogP contribution in [-0.2, 0) is 17.4 Å². The Balaban J connectivity index is 2.15. The molecule has 0 unspecified atom stereocenters. The minimum atomic E-state index is -3.53. The summed E-state index contributed by atoms with van der Waals surface area (Å²) in [6.45, 7) is 3.62. The van der Waals surface area contributed by atoms with Crippen molar-refractivity contribution in [2.24, 2.45) is 0 Å². The van der Waals surface area contributed by atoms with Crippen LogP contribution in [0.15, 0.2) is 54.6 Å². The van der Waals surface area contributed by atoms with Crippen molar-refractivity contribution in [1.29, 1.82) is 0 Å². The van der Waals surface area contributed by atoms with Crippen molar-refractivity contribution in [3.63, 3.8) is 0 Å². The van der Waals surface area contributed by atoms with Gasteiger partial charge >= 0.3 is 151 Å². The molecule has 0 N–H and O–H groups in total. The maximum atomic E-state index is 11.6. The molecule has 0 saturated heterocycles. The molecule has 0 radical (unpaired) electrons. The summed E-state index contributed by atoms with van der Waals surface area (Å²) in [6, 6.07) is 16.9. The number of ether oxygens (including phenoxy) is 2. The molecule has 5 nitrogen and oxygen atoms in total. The molecule has 24 heavy (non-hydrogen) atoms. The Morgan fingerprint density at radius 3 is 2.12 bits per heavy atom. The third kappa shape index (κ3) is 6.39. The van der Waals surface area contributed by atoms with Crippen LogP contribution in [0, 0.1) is 7.14 Å². The van der Waals surface area contributed by atoms with Crippen LogP contribution in [0.25, 0.3) is 0 Å². The molecule has 0 amide bonds. The number of hydrogen-bond acceptors (Lipinski definition) is 5. The number of benzene rings is 2. The summed E-state index contributed by atoms with van der Waals surface area (Å²) in [4.78, 5) is 0. The molecule has 2 aromatic carbocycles. The van der Waals surface area contributed by atoms with Gasteiger partial charge in [-0.15, -0.1) is 0 Å². The predicted molar refractivity (Wildman–Crippen MR) is 102 cm³/mol. The molecule has 0 fully saturated rings. The zero-order chi connectivity index (χ0) is 17.4. The number of hydrogen-bond donors (Lipinski definition) is 0. The summed E-state index contributed by atoms with van der Waals surface area (Å²) in [6.07, 6.45) is 1.09. The van der Waals surface area contributed by atoms with Crippen molar-refractivity contribution in [2.75, 3.05) is 26.1 Å². The normalized spacial score (nSPS) is 12.0. The Labute approximate surface area is 151 Å². The standard InChI is InChI=1S/C17H21IO5S/c1-3-21-13-14-22-17-11-9-16(10-12-17)18(23-24(2,19)20)15-7-5-4-6-8-15/h4-12H,3,13-14H2,1-2H3. The van der Waals surface area contributed by atoms with E-state index in [2.05, 4.69) is 0 Å². The van der Waals surface area contributed by atoms with Crippen LogP contribution >= 0.6 is 20.2 Å². The fourth-order valence-electron chi connectivity index (χ4n) is 1.85. The van der Waals surface area contributed by atoms with Crippen LogP contribution in [-0.4, -0.2) is 34.5 Å². The molecule has 132 valence electrons. The summed E-state index contributed by atoms with van der Waals surface area (Å²) in [7, 11) is -3.53. The zero-order valence-electron chi connectivity index (χ0n) is 13.6. The van der Waals surface area contributed by atoms with Gasteiger partial charge in [0.15, 0.2) is 0 Å². The van der Waals surface area contributed by atoms with E-state index in [1.54, 1.807) is 0 Å². The quantitative estimate of drug-likeness (QED) is 0.420. The van der Waals surface area contributed by atoms with Crippen molar-refractivity contribution >= 4 is 30.4 Å². The number of rotatable bonds is 9. The second-order valence-corrected chi connectivity index (χ2v) is 11.3. The first-order chi connectivity index (χ1) is 11.5. The van der Waals surface area contributed by atoms with Crippen LogP contribution in [0.3, 0.4) is 0 Å². The van der Waals surface area contributed by atoms with Crippen molar-refractivity contribution in [3.05, 3.63) is 61.7 Å². The van der Waals surface area contributed by atoms with Crippen molar-refractivity contribution in [3.8, 4) is 5.75 Å². The molecule has 0 atom stereocenters. The van der Waals surface area contributed by atoms with Crippen molar-refractivity contribution in [2.45, 2.75) is 6.92 Å². The Kier molecular flexibility index (Phi) is 7.47. The summed E-state index contributed by atoms with van der Waals surface area (Å²) >= 11 is -2.51. The first-order valence-electron chi connectivity index (χ1n) is 7.45. The van der Waals surface area contributed by atoms with E-state index in [1.165, 1.54) is 0 Å². The second-order valence-electron chi connectivity index (χ2n) is 4.81. The number of halogens is 1. The molecule has 2 rings (SSSR count). The fourth-order valence-corrected chi connectivity index (χ4v) is 8.23. The van der Waals surface area contributed by atoms with E-state index in [0.717, 1.165) is 19.1 Å². The Hall–Kier alpha value is -1.16. The topological polar surface area (TPSA) is 61.8 Å². The summed E-state index contributed by atoms with van der Waals surface area (Å²) in [5.74, 6) is 0.724. The van der Waals surface area contributed by atoms with Gasteiger partial charge in [0.05, 0.1) is 0 Å². The monoisotopic (exact) mass is 464 g/mol. The SMILES string of the molecule is CCOCCOc1ccc(I(OS(C)(=O)=O)c2ccccc2)cc1. The Bertz CT molecular complexity index is 716. The fraction of sp³-hybridized carbons (Fsp3) is 0.294. The molecule has 0 spiro atoms. The van der Waals surface area contributed by atoms with Gasteiger partial charge in [-0.3, -0.25) is 0 Å². The van der Waals surface area contributed by atoms with Gasteiger partial charge in [-0.05, 0) is 0 Å². The van der Waals surface area contributed by atoms with E-state index in [4.69, 9.17) is 12.0 Å². The molecular formula is C17H21IO5S. The molecule has 0 saturated carbocycles. The van der Waals surface area contributed by atoms with Gasteiger partial charge in [0, 0.05) is 0 Å². The molecule has 0 bridgehead atoms. The van der Waals surface area contributed by atoms with Crippen LogP contribution in [0.1, 0.15) is 6.92 Å². The molecule has 0 aliphatic heterocycles. The second kappa shape index (κ2) is 9.36. The Morgan fingerprint density at radius 2 is 1.54 bits per heavy atom. The maximum absolute atomic E-state index is 11.6. The van der Waals surface area contributed by atoms with Gasteiger partial charge in [0.2, 0.25) is 0 Å². The molecule has 0 aliphatic rings. The van der Waals surface area contributed by atoms with E-state index < -0.39 is 30.4 Å². The first kappa shape index (κ1) is 19.2. The average Bonchev–Trinajstić information content (AvgIpc) is 2.57. The van der Waals surface area contributed by atoms with Crippen LogP contribution in [0.4, 0.5) is 0 Å². The van der Waals surface area contributed by atoms with Gasteiger partial charge in [-0.25, -0.2) is 0 Å². The van der Waals surface area contributed by atoms with Crippen LogP contribution in [0.5, 0.6) is 5.75 Å². The van der Waals surface area contributed by atoms with Crippen molar-refractivity contribution < 1.29 is 20.4 Å².